The molecule has 0 aromatic carbocycles. The van der Waals surface area contributed by atoms with Crippen LogP contribution >= 0.6 is 0 Å². The highest BCUT2D eigenvalue weighted by Gasteiger charge is 1.83. The lowest BCUT2D eigenvalue weighted by molar-refractivity contribution is -0.136. The minimum Gasteiger partial charge on any atom is -0.480 e. The fraction of sp³-hybridized carbons (Fsp3) is 0.500. The molecule has 0 amide bonds. The van der Waals surface area contributed by atoms with E-state index in [1.165, 1.54) is 0 Å². The van der Waals surface area contributed by atoms with Crippen molar-refractivity contribution in [2.75, 3.05) is 45.8 Å². The Balaban J connectivity index is -0.0000000523. The largest absolute Gasteiger partial charge is 0.480 e. The second-order valence-electron chi connectivity index (χ2n) is 4.19. The van der Waals surface area contributed by atoms with Gasteiger partial charge in [0.25, 0.3) is 0 Å². The van der Waals surface area contributed by atoms with Crippen molar-refractivity contribution in [2.24, 2.45) is 40.1 Å². The molecule has 21 N–H and O–H groups in total. The molecular formula is C14H35N7O14. The molecule has 0 spiro atoms. The van der Waals surface area contributed by atoms with E-state index < -0.39 is 41.8 Å². The van der Waals surface area contributed by atoms with Crippen molar-refractivity contribution in [1.82, 2.24) is 0 Å². The molecule has 0 rings (SSSR count). The van der Waals surface area contributed by atoms with Gasteiger partial charge in [-0.05, 0) is 0 Å². The maximum Gasteiger partial charge on any atom is 0.317 e. The van der Waals surface area contributed by atoms with Crippen LogP contribution < -0.4 is 40.1 Å². The van der Waals surface area contributed by atoms with Crippen LogP contribution in [0.2, 0.25) is 0 Å². The minimum absolute atomic E-state index is 0.278. The summed E-state index contributed by atoms with van der Waals surface area (Å²) >= 11 is 0. The number of aliphatic carboxylic acids is 7. The molecule has 0 fully saturated rings. The number of nitrogens with two attached hydrogens (primary N) is 7. The summed E-state index contributed by atoms with van der Waals surface area (Å²) in [5, 5.41) is 53.2. The normalized spacial score (nSPS) is 7.40. The van der Waals surface area contributed by atoms with Gasteiger partial charge in [0.2, 0.25) is 0 Å². The molecule has 0 aliphatic rings. The number of hydrogen-bond donors (Lipinski definition) is 14. The summed E-state index contributed by atoms with van der Waals surface area (Å²) in [6, 6.07) is 0. The Morgan fingerprint density at radius 2 is 0.314 bits per heavy atom. The Morgan fingerprint density at radius 1 is 0.286 bits per heavy atom. The van der Waals surface area contributed by atoms with Crippen LogP contribution in [0.4, 0.5) is 0 Å². The smallest absolute Gasteiger partial charge is 0.317 e. The van der Waals surface area contributed by atoms with Crippen LogP contribution in [0.5, 0.6) is 0 Å². The quantitative estimate of drug-likeness (QED) is 0.147. The molecule has 210 valence electrons. The summed E-state index contributed by atoms with van der Waals surface area (Å²) in [6.45, 7) is -1.94. The third-order valence-corrected chi connectivity index (χ3v) is 1.22. The minimum atomic E-state index is -0.968. The molecule has 21 heteroatoms. The monoisotopic (exact) mass is 525 g/mol. The maximum atomic E-state index is 9.24. The van der Waals surface area contributed by atoms with Crippen LogP contribution in [0.25, 0.3) is 0 Å². The van der Waals surface area contributed by atoms with Crippen LogP contribution in [-0.2, 0) is 33.6 Å². The van der Waals surface area contributed by atoms with Crippen LogP contribution in [0.1, 0.15) is 0 Å². The molecule has 0 atom stereocenters. The van der Waals surface area contributed by atoms with Gasteiger partial charge in [0.05, 0.1) is 45.8 Å². The summed E-state index contributed by atoms with van der Waals surface area (Å²) < 4.78 is 0. The van der Waals surface area contributed by atoms with Gasteiger partial charge in [0.1, 0.15) is 0 Å². The Kier molecular flexibility index (Phi) is 60.6. The van der Waals surface area contributed by atoms with E-state index in [4.69, 9.17) is 35.7 Å². The molecule has 21 nitrogen and oxygen atoms in total. The Bertz CT molecular complexity index is 438. The number of carbonyl (C=O) groups is 7. The van der Waals surface area contributed by atoms with E-state index in [1.807, 2.05) is 0 Å². The fourth-order valence-electron chi connectivity index (χ4n) is 0. The molecule has 0 unspecified atom stereocenters. The molecule has 0 aliphatic carbocycles. The summed E-state index contributed by atoms with van der Waals surface area (Å²) in [5.41, 5.74) is 32.0. The van der Waals surface area contributed by atoms with E-state index in [0.717, 1.165) is 0 Å². The zero-order chi connectivity index (χ0) is 30.0. The van der Waals surface area contributed by atoms with Gasteiger partial charge in [0.15, 0.2) is 0 Å². The lowest BCUT2D eigenvalue weighted by atomic mass is 10.7. The SMILES string of the molecule is NCC(=O)O.NCC(=O)O.NCC(=O)O.NCC(=O)O.NCC(=O)O.NCC(=O)O.NCC(=O)O. The average molecular weight is 525 g/mol. The first-order chi connectivity index (χ1) is 15.9. The van der Waals surface area contributed by atoms with E-state index in [0.29, 0.717) is 0 Å². The average Bonchev–Trinajstić information content (AvgIpc) is 2.80. The van der Waals surface area contributed by atoms with Crippen molar-refractivity contribution in [1.29, 1.82) is 0 Å². The summed E-state index contributed by atoms with van der Waals surface area (Å²) in [6.07, 6.45) is 0. The van der Waals surface area contributed by atoms with Crippen molar-refractivity contribution in [3.05, 3.63) is 0 Å². The first-order valence-corrected chi connectivity index (χ1v) is 8.33. The molecule has 0 saturated carbocycles. The van der Waals surface area contributed by atoms with Crippen LogP contribution in [0, 0.1) is 0 Å². The van der Waals surface area contributed by atoms with Gasteiger partial charge >= 0.3 is 41.8 Å². The number of rotatable bonds is 7. The van der Waals surface area contributed by atoms with Crippen molar-refractivity contribution >= 4 is 41.8 Å². The molecule has 0 saturated heterocycles. The lowest BCUT2D eigenvalue weighted by Crippen LogP contribution is -2.10. The third-order valence-electron chi connectivity index (χ3n) is 1.22. The molecular weight excluding hydrogens is 490 g/mol. The summed E-state index contributed by atoms with van der Waals surface area (Å²) in [5.74, 6) is -6.77. The number of hydrogen-bond acceptors (Lipinski definition) is 14. The van der Waals surface area contributed by atoms with E-state index >= 15 is 0 Å². The maximum absolute atomic E-state index is 9.24. The van der Waals surface area contributed by atoms with Gasteiger partial charge in [-0.25, -0.2) is 0 Å². The zero-order valence-corrected chi connectivity index (χ0v) is 18.5. The lowest BCUT2D eigenvalue weighted by Gasteiger charge is -1.73. The number of carboxylic acids is 7. The first kappa shape index (κ1) is 48.4. The van der Waals surface area contributed by atoms with Crippen molar-refractivity contribution < 1.29 is 69.3 Å². The van der Waals surface area contributed by atoms with Crippen LogP contribution in [0.15, 0.2) is 0 Å². The van der Waals surface area contributed by atoms with Gasteiger partial charge in [-0.15, -0.1) is 0 Å². The molecule has 0 radical (unpaired) electrons. The van der Waals surface area contributed by atoms with Crippen molar-refractivity contribution in [3.63, 3.8) is 0 Å². The summed E-state index contributed by atoms with van der Waals surface area (Å²) in [7, 11) is 0. The Hall–Kier alpha value is -3.99. The highest BCUT2D eigenvalue weighted by molar-refractivity contribution is 5.70. The fourth-order valence-corrected chi connectivity index (χ4v) is 0. The molecule has 35 heavy (non-hydrogen) atoms. The van der Waals surface area contributed by atoms with E-state index in [-0.39, 0.29) is 45.8 Å². The molecule has 0 heterocycles. The van der Waals surface area contributed by atoms with Gasteiger partial charge in [-0.2, -0.15) is 0 Å². The van der Waals surface area contributed by atoms with Gasteiger partial charge in [-0.1, -0.05) is 0 Å². The van der Waals surface area contributed by atoms with Crippen LogP contribution in [0.3, 0.4) is 0 Å². The van der Waals surface area contributed by atoms with Crippen molar-refractivity contribution in [2.45, 2.75) is 0 Å². The first-order valence-electron chi connectivity index (χ1n) is 8.33. The van der Waals surface area contributed by atoms with Gasteiger partial charge in [0, 0.05) is 0 Å². The third kappa shape index (κ3) is 235. The Labute approximate surface area is 198 Å². The predicted molar refractivity (Wildman–Crippen MR) is 117 cm³/mol. The second kappa shape index (κ2) is 43.8. The number of carboxylic acid groups (broad SMARTS) is 7. The second-order valence-corrected chi connectivity index (χ2v) is 4.19. The summed E-state index contributed by atoms with van der Waals surface area (Å²) in [4.78, 5) is 64.7. The van der Waals surface area contributed by atoms with Crippen LogP contribution in [-0.4, -0.2) is 123 Å². The molecule has 0 aromatic rings. The highest BCUT2D eigenvalue weighted by atomic mass is 16.4. The molecule has 0 aliphatic heterocycles. The van der Waals surface area contributed by atoms with E-state index in [2.05, 4.69) is 40.1 Å². The Morgan fingerprint density at radius 3 is 0.314 bits per heavy atom. The van der Waals surface area contributed by atoms with E-state index in [9.17, 15) is 33.6 Å². The zero-order valence-electron chi connectivity index (χ0n) is 18.5. The van der Waals surface area contributed by atoms with E-state index in [1.54, 1.807) is 0 Å². The van der Waals surface area contributed by atoms with Gasteiger partial charge in [-0.3, -0.25) is 33.6 Å². The topological polar surface area (TPSA) is 443 Å². The molecule has 0 aromatic heterocycles. The standard InChI is InChI=1S/7C2H5NO2/c7*3-1-2(4)5/h7*1,3H2,(H,4,5). The molecule has 0 bridgehead atoms. The highest BCUT2D eigenvalue weighted by Crippen LogP contribution is 1.46. The van der Waals surface area contributed by atoms with Crippen molar-refractivity contribution in [3.8, 4) is 0 Å². The van der Waals surface area contributed by atoms with Gasteiger partial charge < -0.3 is 75.9 Å². The predicted octanol–water partition coefficient (Wildman–Crippen LogP) is -6.79.